The quantitative estimate of drug-likeness (QED) is 0.676. The van der Waals surface area contributed by atoms with E-state index in [1.54, 1.807) is 6.07 Å². The van der Waals surface area contributed by atoms with E-state index < -0.39 is 18.1 Å². The number of carboxylic acids is 2. The third-order valence-electron chi connectivity index (χ3n) is 4.84. The van der Waals surface area contributed by atoms with Crippen LogP contribution in [0.2, 0.25) is 0 Å². The minimum Gasteiger partial charge on any atom is -0.478 e. The summed E-state index contributed by atoms with van der Waals surface area (Å²) in [6, 6.07) is 1.73. The van der Waals surface area contributed by atoms with Gasteiger partial charge in [-0.05, 0) is 36.1 Å². The van der Waals surface area contributed by atoms with E-state index in [1.165, 1.54) is 23.9 Å². The summed E-state index contributed by atoms with van der Waals surface area (Å²) in [6.45, 7) is 1.05. The van der Waals surface area contributed by atoms with Crippen LogP contribution in [-0.2, 0) is 4.79 Å². The number of aromatic carboxylic acids is 1. The molecule has 0 saturated carbocycles. The normalized spacial score (nSPS) is 22.1. The number of nitrogens with zero attached hydrogens (tertiary/aromatic N) is 1. The number of carboxylic acid groups (broad SMARTS) is 2. The minimum absolute atomic E-state index is 0.247. The highest BCUT2D eigenvalue weighted by Gasteiger charge is 2.38. The van der Waals surface area contributed by atoms with Gasteiger partial charge in [-0.3, -0.25) is 4.98 Å². The summed E-state index contributed by atoms with van der Waals surface area (Å²) in [7, 11) is 0. The standard InChI is InChI=1S/C17H16N2O2.C2HF3O2/c20-17(21)13-6-12-3-1-2-10-8-15-11(4-5-18-15)7-14(10)16(12)19-9-13;3-2(4,5)1(6)7/h1-3,6,8-9,11,14,18H,4-5,7H2,(H,20,21);(H,6,7). The van der Waals surface area contributed by atoms with Gasteiger partial charge in [-0.25, -0.2) is 9.59 Å². The summed E-state index contributed by atoms with van der Waals surface area (Å²) in [5.41, 5.74) is 4.78. The molecule has 1 fully saturated rings. The number of rotatable bonds is 1. The van der Waals surface area contributed by atoms with Gasteiger partial charge in [-0.1, -0.05) is 18.2 Å². The van der Waals surface area contributed by atoms with E-state index in [2.05, 4.69) is 22.5 Å². The van der Waals surface area contributed by atoms with Crippen LogP contribution in [0.4, 0.5) is 13.2 Å². The molecule has 4 rings (SSSR count). The second-order valence-electron chi connectivity index (χ2n) is 6.63. The van der Waals surface area contributed by atoms with Gasteiger partial charge in [0.25, 0.3) is 0 Å². The average Bonchev–Trinajstić information content (AvgIpc) is 3.00. The van der Waals surface area contributed by atoms with Crippen molar-refractivity contribution in [3.8, 4) is 0 Å². The van der Waals surface area contributed by atoms with Crippen LogP contribution >= 0.6 is 0 Å². The predicted octanol–water partition coefficient (Wildman–Crippen LogP) is 3.35. The second-order valence-corrected chi connectivity index (χ2v) is 6.63. The van der Waals surface area contributed by atoms with Gasteiger partial charge in [0.15, 0.2) is 0 Å². The van der Waals surface area contributed by atoms with Gasteiger partial charge in [-0.15, -0.1) is 0 Å². The van der Waals surface area contributed by atoms with E-state index in [0.29, 0.717) is 5.92 Å². The summed E-state index contributed by atoms with van der Waals surface area (Å²) in [5.74, 6) is -2.83. The van der Waals surface area contributed by atoms with Crippen molar-refractivity contribution in [2.45, 2.75) is 24.9 Å². The molecule has 0 amide bonds. The Kier molecular flexibility index (Phi) is 5.26. The highest BCUT2D eigenvalue weighted by atomic mass is 19.4. The summed E-state index contributed by atoms with van der Waals surface area (Å²) >= 11 is 0. The first-order chi connectivity index (χ1) is 13.2. The number of aromatic nitrogens is 1. The molecule has 3 N–H and O–H groups in total. The Morgan fingerprint density at radius 3 is 2.61 bits per heavy atom. The third-order valence-corrected chi connectivity index (χ3v) is 4.84. The Bertz CT molecular complexity index is 903. The van der Waals surface area contributed by atoms with Crippen molar-refractivity contribution >= 4 is 18.0 Å². The van der Waals surface area contributed by atoms with Crippen molar-refractivity contribution < 1.29 is 33.0 Å². The summed E-state index contributed by atoms with van der Waals surface area (Å²) < 4.78 is 31.7. The molecule has 1 aromatic heterocycles. The van der Waals surface area contributed by atoms with Crippen LogP contribution in [-0.4, -0.2) is 39.9 Å². The number of carbonyl (C=O) groups is 2. The van der Waals surface area contributed by atoms with Gasteiger partial charge in [-0.2, -0.15) is 13.2 Å². The Morgan fingerprint density at radius 2 is 1.96 bits per heavy atom. The van der Waals surface area contributed by atoms with Crippen molar-refractivity contribution in [1.29, 1.82) is 0 Å². The molecule has 9 heteroatoms. The predicted molar refractivity (Wildman–Crippen MR) is 93.6 cm³/mol. The lowest BCUT2D eigenvalue weighted by molar-refractivity contribution is -0.192. The first kappa shape index (κ1) is 19.7. The van der Waals surface area contributed by atoms with Gasteiger partial charge in [0.1, 0.15) is 0 Å². The molecule has 2 heterocycles. The maximum atomic E-state index is 11.1. The topological polar surface area (TPSA) is 99.5 Å². The molecule has 1 aliphatic heterocycles. The zero-order valence-corrected chi connectivity index (χ0v) is 14.5. The van der Waals surface area contributed by atoms with Crippen LogP contribution < -0.4 is 5.32 Å². The fraction of sp³-hybridized carbons (Fsp3) is 0.316. The van der Waals surface area contributed by atoms with Gasteiger partial charge >= 0.3 is 18.1 Å². The zero-order valence-electron chi connectivity index (χ0n) is 14.5. The summed E-state index contributed by atoms with van der Waals surface area (Å²) in [5, 5.41) is 19.7. The smallest absolute Gasteiger partial charge is 0.478 e. The van der Waals surface area contributed by atoms with Gasteiger partial charge < -0.3 is 15.5 Å². The maximum Gasteiger partial charge on any atom is 0.490 e. The largest absolute Gasteiger partial charge is 0.490 e. The Hall–Kier alpha value is -3.10. The molecule has 2 atom stereocenters. The number of aliphatic carboxylic acids is 1. The number of hydrogen-bond acceptors (Lipinski definition) is 4. The van der Waals surface area contributed by atoms with E-state index in [1.807, 2.05) is 12.2 Å². The number of fused-ring (bicyclic) bond motifs is 4. The molecule has 3 aliphatic rings. The number of allylic oxidation sites excluding steroid dienone is 5. The van der Waals surface area contributed by atoms with E-state index in [9.17, 15) is 18.0 Å². The van der Waals surface area contributed by atoms with Gasteiger partial charge in [0.2, 0.25) is 0 Å². The lowest BCUT2D eigenvalue weighted by Crippen LogP contribution is -2.21. The molecule has 28 heavy (non-hydrogen) atoms. The van der Waals surface area contributed by atoms with Gasteiger partial charge in [0.05, 0.1) is 11.3 Å². The van der Waals surface area contributed by atoms with Crippen LogP contribution in [0.15, 0.2) is 41.8 Å². The fourth-order valence-corrected chi connectivity index (χ4v) is 3.54. The van der Waals surface area contributed by atoms with Crippen molar-refractivity contribution in [1.82, 2.24) is 10.3 Å². The molecule has 0 spiro atoms. The zero-order chi connectivity index (χ0) is 20.5. The lowest BCUT2D eigenvalue weighted by atomic mass is 9.78. The number of alkyl halides is 3. The van der Waals surface area contributed by atoms with E-state index in [-0.39, 0.29) is 11.5 Å². The number of nitrogens with one attached hydrogen (secondary N) is 1. The lowest BCUT2D eigenvalue weighted by Gasteiger charge is -2.27. The minimum atomic E-state index is -5.08. The molecule has 1 saturated heterocycles. The Labute approximate surface area is 158 Å². The molecule has 0 bridgehead atoms. The average molecular weight is 394 g/mol. The van der Waals surface area contributed by atoms with Crippen molar-refractivity contribution in [2.24, 2.45) is 5.92 Å². The maximum absolute atomic E-state index is 11.1. The van der Waals surface area contributed by atoms with Crippen molar-refractivity contribution in [3.05, 3.63) is 58.6 Å². The molecular formula is C19H17F3N2O4. The molecule has 0 aromatic carbocycles. The summed E-state index contributed by atoms with van der Waals surface area (Å²) in [4.78, 5) is 24.5. The van der Waals surface area contributed by atoms with Crippen LogP contribution in [0, 0.1) is 5.92 Å². The molecule has 1 aromatic rings. The number of pyridine rings is 1. The molecule has 2 unspecified atom stereocenters. The third kappa shape index (κ3) is 4.08. The van der Waals surface area contributed by atoms with Crippen LogP contribution in [0.25, 0.3) is 6.08 Å². The highest BCUT2D eigenvalue weighted by molar-refractivity contribution is 5.88. The summed E-state index contributed by atoms with van der Waals surface area (Å²) in [6.07, 6.45) is 6.94. The highest BCUT2D eigenvalue weighted by Crippen LogP contribution is 2.43. The van der Waals surface area contributed by atoms with Gasteiger partial charge in [0, 0.05) is 30.3 Å². The van der Waals surface area contributed by atoms with Crippen molar-refractivity contribution in [2.75, 3.05) is 6.54 Å². The molecule has 6 nitrogen and oxygen atoms in total. The van der Waals surface area contributed by atoms with Crippen LogP contribution in [0.5, 0.6) is 0 Å². The second kappa shape index (κ2) is 7.49. The monoisotopic (exact) mass is 394 g/mol. The number of hydrogen-bond donors (Lipinski definition) is 3. The van der Waals surface area contributed by atoms with Crippen molar-refractivity contribution in [3.63, 3.8) is 0 Å². The van der Waals surface area contributed by atoms with Crippen LogP contribution in [0.1, 0.15) is 40.4 Å². The van der Waals surface area contributed by atoms with E-state index in [0.717, 1.165) is 24.2 Å². The Morgan fingerprint density at radius 1 is 1.25 bits per heavy atom. The molecule has 2 aliphatic carbocycles. The SMILES string of the molecule is O=C(O)C(F)(F)F.O=C(O)c1cnc2c(c1)C=CC=C1C=C3NCCC3CC12. The molecule has 0 radical (unpaired) electrons. The first-order valence-corrected chi connectivity index (χ1v) is 8.54. The Balaban J connectivity index is 0.000000279. The molecular weight excluding hydrogens is 377 g/mol. The first-order valence-electron chi connectivity index (χ1n) is 8.54. The number of halogens is 3. The van der Waals surface area contributed by atoms with E-state index in [4.69, 9.17) is 15.0 Å². The van der Waals surface area contributed by atoms with E-state index >= 15 is 0 Å². The van der Waals surface area contributed by atoms with Crippen LogP contribution in [0.3, 0.4) is 0 Å². The molecule has 148 valence electrons. The fourth-order valence-electron chi connectivity index (χ4n) is 3.54.